The van der Waals surface area contributed by atoms with Crippen LogP contribution in [0.2, 0.25) is 0 Å². The summed E-state index contributed by atoms with van der Waals surface area (Å²) < 4.78 is 11.4. The highest BCUT2D eigenvalue weighted by Crippen LogP contribution is 2.40. The van der Waals surface area contributed by atoms with Crippen LogP contribution in [0.25, 0.3) is 0 Å². The van der Waals surface area contributed by atoms with Crippen molar-refractivity contribution in [2.45, 2.75) is 45.4 Å². The van der Waals surface area contributed by atoms with Crippen LogP contribution >= 0.6 is 0 Å². The molecule has 1 aliphatic heterocycles. The Labute approximate surface area is 109 Å². The number of anilines is 1. The zero-order chi connectivity index (χ0) is 13.2. The molecule has 3 nitrogen and oxygen atoms in total. The van der Waals surface area contributed by atoms with Crippen molar-refractivity contribution in [2.75, 3.05) is 5.32 Å². The van der Waals surface area contributed by atoms with Crippen LogP contribution in [0.15, 0.2) is 30.9 Å². The molecule has 1 aromatic carbocycles. The molecule has 1 unspecified atom stereocenters. The highest BCUT2D eigenvalue weighted by molar-refractivity contribution is 5.56. The number of ether oxygens (including phenoxy) is 2. The summed E-state index contributed by atoms with van der Waals surface area (Å²) in [5.41, 5.74) is 1.06. The lowest BCUT2D eigenvalue weighted by Crippen LogP contribution is -2.29. The molecule has 3 heteroatoms. The van der Waals surface area contributed by atoms with Gasteiger partial charge in [-0.15, -0.1) is 6.58 Å². The van der Waals surface area contributed by atoms with Crippen molar-refractivity contribution in [1.82, 2.24) is 0 Å². The van der Waals surface area contributed by atoms with Gasteiger partial charge in [-0.1, -0.05) is 6.08 Å². The second-order valence-electron chi connectivity index (χ2n) is 5.18. The van der Waals surface area contributed by atoms with Gasteiger partial charge >= 0.3 is 0 Å². The average Bonchev–Trinajstić information content (AvgIpc) is 2.59. The lowest BCUT2D eigenvalue weighted by atomic mass is 10.1. The fraction of sp³-hybridized carbons (Fsp3) is 0.467. The van der Waals surface area contributed by atoms with E-state index in [9.17, 15) is 0 Å². The molecule has 0 saturated heterocycles. The lowest BCUT2D eigenvalue weighted by molar-refractivity contribution is -0.0431. The van der Waals surface area contributed by atoms with Gasteiger partial charge in [0.25, 0.3) is 0 Å². The van der Waals surface area contributed by atoms with Crippen molar-refractivity contribution in [3.8, 4) is 11.5 Å². The van der Waals surface area contributed by atoms with E-state index >= 15 is 0 Å². The van der Waals surface area contributed by atoms with Crippen LogP contribution in [0.5, 0.6) is 11.5 Å². The Morgan fingerprint density at radius 2 is 2.06 bits per heavy atom. The summed E-state index contributed by atoms with van der Waals surface area (Å²) in [6, 6.07) is 6.38. The number of hydrogen-bond acceptors (Lipinski definition) is 3. The maximum absolute atomic E-state index is 5.72. The third-order valence-electron chi connectivity index (χ3n) is 2.87. The van der Waals surface area contributed by atoms with Gasteiger partial charge < -0.3 is 14.8 Å². The van der Waals surface area contributed by atoms with Crippen LogP contribution in [0.3, 0.4) is 0 Å². The molecular formula is C15H21NO2. The van der Waals surface area contributed by atoms with E-state index < -0.39 is 5.79 Å². The molecule has 0 amide bonds. The second kappa shape index (κ2) is 4.92. The summed E-state index contributed by atoms with van der Waals surface area (Å²) in [6.45, 7) is 9.72. The van der Waals surface area contributed by atoms with Gasteiger partial charge in [-0.2, -0.15) is 0 Å². The Hall–Kier alpha value is -1.64. The molecule has 1 N–H and O–H groups in total. The van der Waals surface area contributed by atoms with Crippen LogP contribution in [-0.4, -0.2) is 11.8 Å². The van der Waals surface area contributed by atoms with E-state index in [1.54, 1.807) is 0 Å². The summed E-state index contributed by atoms with van der Waals surface area (Å²) in [5.74, 6) is 1.06. The maximum Gasteiger partial charge on any atom is 0.246 e. The number of benzene rings is 1. The molecular weight excluding hydrogens is 226 g/mol. The highest BCUT2D eigenvalue weighted by Gasteiger charge is 2.31. The van der Waals surface area contributed by atoms with Gasteiger partial charge in [0.05, 0.1) is 0 Å². The zero-order valence-electron chi connectivity index (χ0n) is 11.3. The standard InChI is InChI=1S/C15H21NO2/c1-5-6-7-11(2)16-12-8-9-13-14(10-12)18-15(3,4)17-13/h5,8-11,16H,1,6-7H2,2-4H3. The molecule has 0 fully saturated rings. The quantitative estimate of drug-likeness (QED) is 0.799. The molecule has 98 valence electrons. The minimum absolute atomic E-state index is 0.413. The molecule has 2 rings (SSSR count). The summed E-state index contributed by atoms with van der Waals surface area (Å²) >= 11 is 0. The lowest BCUT2D eigenvalue weighted by Gasteiger charge is -2.16. The number of nitrogens with one attached hydrogen (secondary N) is 1. The first-order chi connectivity index (χ1) is 8.50. The van der Waals surface area contributed by atoms with Crippen molar-refractivity contribution >= 4 is 5.69 Å². The van der Waals surface area contributed by atoms with Crippen LogP contribution in [-0.2, 0) is 0 Å². The smallest absolute Gasteiger partial charge is 0.246 e. The molecule has 0 aromatic heterocycles. The van der Waals surface area contributed by atoms with E-state index in [4.69, 9.17) is 9.47 Å². The molecule has 0 radical (unpaired) electrons. The van der Waals surface area contributed by atoms with Crippen LogP contribution in [0.4, 0.5) is 5.69 Å². The van der Waals surface area contributed by atoms with Crippen LogP contribution in [0.1, 0.15) is 33.6 Å². The molecule has 1 atom stereocenters. The zero-order valence-corrected chi connectivity index (χ0v) is 11.3. The monoisotopic (exact) mass is 247 g/mol. The number of fused-ring (bicyclic) bond motifs is 1. The molecule has 0 saturated carbocycles. The first-order valence-corrected chi connectivity index (χ1v) is 6.40. The van der Waals surface area contributed by atoms with Gasteiger partial charge in [0.15, 0.2) is 11.5 Å². The van der Waals surface area contributed by atoms with Crippen molar-refractivity contribution < 1.29 is 9.47 Å². The van der Waals surface area contributed by atoms with E-state index in [0.29, 0.717) is 6.04 Å². The van der Waals surface area contributed by atoms with Crippen molar-refractivity contribution in [3.05, 3.63) is 30.9 Å². The Morgan fingerprint density at radius 1 is 1.33 bits per heavy atom. The van der Waals surface area contributed by atoms with Crippen LogP contribution < -0.4 is 14.8 Å². The molecule has 18 heavy (non-hydrogen) atoms. The normalized spacial score (nSPS) is 17.3. The first kappa shape index (κ1) is 12.8. The highest BCUT2D eigenvalue weighted by atomic mass is 16.7. The molecule has 0 bridgehead atoms. The van der Waals surface area contributed by atoms with Gasteiger partial charge in [0.2, 0.25) is 5.79 Å². The molecule has 1 aromatic rings. The van der Waals surface area contributed by atoms with E-state index in [1.165, 1.54) is 0 Å². The van der Waals surface area contributed by atoms with Crippen LogP contribution in [0, 0.1) is 0 Å². The SMILES string of the molecule is C=CCCC(C)Nc1ccc2c(c1)OC(C)(C)O2. The number of hydrogen-bond donors (Lipinski definition) is 1. The minimum Gasteiger partial charge on any atom is -0.449 e. The van der Waals surface area contributed by atoms with Gasteiger partial charge in [-0.25, -0.2) is 0 Å². The fourth-order valence-electron chi connectivity index (χ4n) is 2.04. The van der Waals surface area contributed by atoms with E-state index in [2.05, 4.69) is 18.8 Å². The summed E-state index contributed by atoms with van der Waals surface area (Å²) in [7, 11) is 0. The Kier molecular flexibility index (Phi) is 3.50. The Morgan fingerprint density at radius 3 is 2.78 bits per heavy atom. The predicted octanol–water partition coefficient (Wildman–Crippen LogP) is 3.96. The van der Waals surface area contributed by atoms with E-state index in [-0.39, 0.29) is 0 Å². The summed E-state index contributed by atoms with van der Waals surface area (Å²) in [6.07, 6.45) is 4.04. The predicted molar refractivity (Wildman–Crippen MR) is 74.3 cm³/mol. The van der Waals surface area contributed by atoms with Crippen molar-refractivity contribution in [1.29, 1.82) is 0 Å². The van der Waals surface area contributed by atoms with E-state index in [1.807, 2.05) is 38.1 Å². The summed E-state index contributed by atoms with van der Waals surface area (Å²) in [4.78, 5) is 0. The maximum atomic E-state index is 5.72. The molecule has 0 spiro atoms. The van der Waals surface area contributed by atoms with Gasteiger partial charge in [0, 0.05) is 31.6 Å². The Bertz CT molecular complexity index is 440. The topological polar surface area (TPSA) is 30.5 Å². The second-order valence-corrected chi connectivity index (χ2v) is 5.18. The third-order valence-corrected chi connectivity index (χ3v) is 2.87. The van der Waals surface area contributed by atoms with Gasteiger partial charge in [-0.05, 0) is 31.9 Å². The van der Waals surface area contributed by atoms with Gasteiger partial charge in [-0.3, -0.25) is 0 Å². The molecule has 1 heterocycles. The third kappa shape index (κ3) is 2.97. The van der Waals surface area contributed by atoms with Crippen molar-refractivity contribution in [3.63, 3.8) is 0 Å². The number of rotatable bonds is 5. The fourth-order valence-corrected chi connectivity index (χ4v) is 2.04. The largest absolute Gasteiger partial charge is 0.449 e. The molecule has 0 aliphatic carbocycles. The minimum atomic E-state index is -0.560. The average molecular weight is 247 g/mol. The number of allylic oxidation sites excluding steroid dienone is 1. The Balaban J connectivity index is 2.02. The van der Waals surface area contributed by atoms with E-state index in [0.717, 1.165) is 30.0 Å². The summed E-state index contributed by atoms with van der Waals surface area (Å²) in [5, 5.41) is 3.45. The first-order valence-electron chi connectivity index (χ1n) is 6.40. The molecule has 1 aliphatic rings. The van der Waals surface area contributed by atoms with Gasteiger partial charge in [0.1, 0.15) is 0 Å². The van der Waals surface area contributed by atoms with Crippen molar-refractivity contribution in [2.24, 2.45) is 0 Å².